The second-order valence-corrected chi connectivity index (χ2v) is 3.34. The second kappa shape index (κ2) is 5.52. The van der Waals surface area contributed by atoms with Crippen LogP contribution in [0.2, 0.25) is 0 Å². The topological polar surface area (TPSA) is 0 Å². The lowest BCUT2D eigenvalue weighted by Gasteiger charge is -2.03. The SMILES string of the molecule is [CH2]/C=C(\C)CCCC(C)C. The second-order valence-electron chi connectivity index (χ2n) is 3.34. The normalized spacial score (nSPS) is 12.7. The van der Waals surface area contributed by atoms with Crippen LogP contribution in [0.4, 0.5) is 0 Å². The standard InChI is InChI=1S/C10H19/c1-5-10(4)8-6-7-9(2)3/h5,9H,1,6-8H2,2-4H3/b10-5+. The molecule has 0 aromatic rings. The molecule has 0 unspecified atom stereocenters. The van der Waals surface area contributed by atoms with Gasteiger partial charge in [0.15, 0.2) is 0 Å². The van der Waals surface area contributed by atoms with Crippen molar-refractivity contribution < 1.29 is 0 Å². The van der Waals surface area contributed by atoms with Crippen LogP contribution in [0.3, 0.4) is 0 Å². The van der Waals surface area contributed by atoms with E-state index < -0.39 is 0 Å². The largest absolute Gasteiger partial charge is 0.0853 e. The Bertz CT molecular complexity index is 98.6. The third-order valence-electron chi connectivity index (χ3n) is 1.70. The zero-order chi connectivity index (χ0) is 7.98. The summed E-state index contributed by atoms with van der Waals surface area (Å²) < 4.78 is 0. The van der Waals surface area contributed by atoms with Gasteiger partial charge in [0.1, 0.15) is 0 Å². The van der Waals surface area contributed by atoms with E-state index in [9.17, 15) is 0 Å². The number of allylic oxidation sites excluding steroid dienone is 2. The number of hydrogen-bond acceptors (Lipinski definition) is 0. The Kier molecular flexibility index (Phi) is 5.38. The van der Waals surface area contributed by atoms with Crippen molar-refractivity contribution in [3.63, 3.8) is 0 Å². The van der Waals surface area contributed by atoms with E-state index in [2.05, 4.69) is 27.7 Å². The summed E-state index contributed by atoms with van der Waals surface area (Å²) in [5, 5.41) is 0. The molecule has 0 atom stereocenters. The summed E-state index contributed by atoms with van der Waals surface area (Å²) in [6.45, 7) is 10.4. The molecule has 1 radical (unpaired) electrons. The minimum atomic E-state index is 0.845. The molecule has 0 heteroatoms. The predicted molar refractivity (Wildman–Crippen MR) is 47.8 cm³/mol. The highest BCUT2D eigenvalue weighted by Crippen LogP contribution is 2.10. The van der Waals surface area contributed by atoms with Crippen LogP contribution in [-0.4, -0.2) is 0 Å². The van der Waals surface area contributed by atoms with E-state index in [1.54, 1.807) is 0 Å². The summed E-state index contributed by atoms with van der Waals surface area (Å²) in [4.78, 5) is 0. The fraction of sp³-hybridized carbons (Fsp3) is 0.700. The van der Waals surface area contributed by atoms with Crippen molar-refractivity contribution in [2.75, 3.05) is 0 Å². The molecule has 0 spiro atoms. The van der Waals surface area contributed by atoms with Crippen LogP contribution in [0.15, 0.2) is 11.6 Å². The van der Waals surface area contributed by atoms with E-state index in [4.69, 9.17) is 0 Å². The van der Waals surface area contributed by atoms with Gasteiger partial charge in [-0.2, -0.15) is 0 Å². The Morgan fingerprint density at radius 2 is 2.10 bits per heavy atom. The molecule has 0 saturated carbocycles. The molecular weight excluding hydrogens is 120 g/mol. The summed E-state index contributed by atoms with van der Waals surface area (Å²) in [7, 11) is 0. The molecule has 0 aliphatic rings. The van der Waals surface area contributed by atoms with Gasteiger partial charge in [-0.05, 0) is 32.6 Å². The van der Waals surface area contributed by atoms with Gasteiger partial charge in [-0.15, -0.1) is 0 Å². The smallest absolute Gasteiger partial charge is 0.0313 e. The first-order valence-corrected chi connectivity index (χ1v) is 4.11. The minimum Gasteiger partial charge on any atom is -0.0853 e. The van der Waals surface area contributed by atoms with Crippen LogP contribution >= 0.6 is 0 Å². The Balaban J connectivity index is 3.20. The van der Waals surface area contributed by atoms with Crippen LogP contribution in [0, 0.1) is 12.8 Å². The summed E-state index contributed by atoms with van der Waals surface area (Å²) in [5.41, 5.74) is 1.42. The molecule has 0 N–H and O–H groups in total. The lowest BCUT2D eigenvalue weighted by atomic mass is 10.0. The minimum absolute atomic E-state index is 0.845. The van der Waals surface area contributed by atoms with Crippen molar-refractivity contribution in [3.8, 4) is 0 Å². The maximum Gasteiger partial charge on any atom is -0.0313 e. The zero-order valence-corrected chi connectivity index (χ0v) is 7.48. The van der Waals surface area contributed by atoms with E-state index in [1.807, 2.05) is 6.08 Å². The molecule has 0 heterocycles. The highest BCUT2D eigenvalue weighted by Gasteiger charge is 1.93. The monoisotopic (exact) mass is 139 g/mol. The fourth-order valence-corrected chi connectivity index (χ4v) is 0.891. The van der Waals surface area contributed by atoms with Gasteiger partial charge in [0, 0.05) is 0 Å². The lowest BCUT2D eigenvalue weighted by Crippen LogP contribution is -1.87. The molecule has 0 aromatic heterocycles. The number of hydrogen-bond donors (Lipinski definition) is 0. The average molecular weight is 139 g/mol. The summed E-state index contributed by atoms with van der Waals surface area (Å²) in [6.07, 6.45) is 5.84. The molecule has 0 saturated heterocycles. The first kappa shape index (κ1) is 9.74. The van der Waals surface area contributed by atoms with E-state index in [1.165, 1.54) is 24.8 Å². The Hall–Kier alpha value is -0.260. The van der Waals surface area contributed by atoms with Crippen LogP contribution < -0.4 is 0 Å². The quantitative estimate of drug-likeness (QED) is 0.558. The maximum absolute atomic E-state index is 3.72. The van der Waals surface area contributed by atoms with Crippen molar-refractivity contribution in [2.24, 2.45) is 5.92 Å². The first-order chi connectivity index (χ1) is 4.66. The van der Waals surface area contributed by atoms with Gasteiger partial charge in [0.2, 0.25) is 0 Å². The van der Waals surface area contributed by atoms with Crippen LogP contribution in [0.25, 0.3) is 0 Å². The van der Waals surface area contributed by atoms with Crippen molar-refractivity contribution in [3.05, 3.63) is 18.6 Å². The third kappa shape index (κ3) is 5.87. The van der Waals surface area contributed by atoms with Gasteiger partial charge >= 0.3 is 0 Å². The fourth-order valence-electron chi connectivity index (χ4n) is 0.891. The first-order valence-electron chi connectivity index (χ1n) is 4.11. The lowest BCUT2D eigenvalue weighted by molar-refractivity contribution is 0.555. The molecule has 0 rings (SSSR count). The van der Waals surface area contributed by atoms with Gasteiger partial charge in [-0.25, -0.2) is 0 Å². The molecule has 0 aliphatic carbocycles. The Labute approximate surface area is 65.3 Å². The van der Waals surface area contributed by atoms with Gasteiger partial charge in [-0.1, -0.05) is 31.9 Å². The summed E-state index contributed by atoms with van der Waals surface area (Å²) >= 11 is 0. The molecular formula is C10H19. The molecule has 0 aromatic carbocycles. The molecule has 59 valence electrons. The Morgan fingerprint density at radius 3 is 2.50 bits per heavy atom. The summed E-state index contributed by atoms with van der Waals surface area (Å²) in [6, 6.07) is 0. The zero-order valence-electron chi connectivity index (χ0n) is 7.48. The molecule has 0 amide bonds. The van der Waals surface area contributed by atoms with Crippen molar-refractivity contribution in [2.45, 2.75) is 40.0 Å². The highest BCUT2D eigenvalue weighted by molar-refractivity contribution is 4.99. The number of rotatable bonds is 4. The predicted octanol–water partition coefficient (Wildman–Crippen LogP) is 3.59. The van der Waals surface area contributed by atoms with E-state index in [-0.39, 0.29) is 0 Å². The maximum atomic E-state index is 3.72. The average Bonchev–Trinajstić information content (AvgIpc) is 1.87. The van der Waals surface area contributed by atoms with Crippen molar-refractivity contribution >= 4 is 0 Å². The van der Waals surface area contributed by atoms with Crippen molar-refractivity contribution in [1.29, 1.82) is 0 Å². The van der Waals surface area contributed by atoms with Gasteiger partial charge in [-0.3, -0.25) is 0 Å². The van der Waals surface area contributed by atoms with Gasteiger partial charge < -0.3 is 0 Å². The third-order valence-corrected chi connectivity index (χ3v) is 1.70. The van der Waals surface area contributed by atoms with Crippen molar-refractivity contribution in [1.82, 2.24) is 0 Å². The highest BCUT2D eigenvalue weighted by atomic mass is 14.0. The van der Waals surface area contributed by atoms with E-state index >= 15 is 0 Å². The molecule has 10 heavy (non-hydrogen) atoms. The van der Waals surface area contributed by atoms with Gasteiger partial charge in [0.25, 0.3) is 0 Å². The Morgan fingerprint density at radius 1 is 1.50 bits per heavy atom. The van der Waals surface area contributed by atoms with Crippen LogP contribution in [0.5, 0.6) is 0 Å². The molecule has 0 bridgehead atoms. The van der Waals surface area contributed by atoms with E-state index in [0.717, 1.165) is 5.92 Å². The van der Waals surface area contributed by atoms with Gasteiger partial charge in [0.05, 0.1) is 0 Å². The summed E-state index contributed by atoms with van der Waals surface area (Å²) in [5.74, 6) is 0.845. The molecule has 0 nitrogen and oxygen atoms in total. The molecule has 0 aliphatic heterocycles. The van der Waals surface area contributed by atoms with E-state index in [0.29, 0.717) is 0 Å². The van der Waals surface area contributed by atoms with Crippen LogP contribution in [-0.2, 0) is 0 Å². The van der Waals surface area contributed by atoms with Crippen LogP contribution in [0.1, 0.15) is 40.0 Å². The molecule has 0 fully saturated rings.